The van der Waals surface area contributed by atoms with Crippen LogP contribution in [-0.2, 0) is 11.3 Å². The van der Waals surface area contributed by atoms with Gasteiger partial charge in [-0.05, 0) is 41.5 Å². The number of rotatable bonds is 8. The molecule has 128 valence electrons. The van der Waals surface area contributed by atoms with E-state index in [0.29, 0.717) is 25.4 Å². The van der Waals surface area contributed by atoms with Gasteiger partial charge in [0.25, 0.3) is 0 Å². The molecule has 0 bridgehead atoms. The van der Waals surface area contributed by atoms with Crippen LogP contribution >= 0.6 is 0 Å². The van der Waals surface area contributed by atoms with Gasteiger partial charge in [-0.1, -0.05) is 62.4 Å². The molecule has 2 N–H and O–H groups in total. The molecular formula is C21H27NO2. The maximum atomic E-state index is 11.4. The van der Waals surface area contributed by atoms with Crippen LogP contribution in [-0.4, -0.2) is 17.6 Å². The molecule has 1 atom stereocenters. The van der Waals surface area contributed by atoms with Crippen LogP contribution in [0.3, 0.4) is 0 Å². The lowest BCUT2D eigenvalue weighted by atomic mass is 9.95. The van der Waals surface area contributed by atoms with Gasteiger partial charge in [0.1, 0.15) is 0 Å². The SMILES string of the molecule is Cc1ccccc1-c1ccccc1CNCC(CC(C)C)C(=O)O. The molecule has 2 aromatic rings. The van der Waals surface area contributed by atoms with Gasteiger partial charge in [-0.15, -0.1) is 0 Å². The third-order valence-corrected chi connectivity index (χ3v) is 4.26. The molecule has 0 aliphatic rings. The van der Waals surface area contributed by atoms with E-state index in [1.807, 2.05) is 18.2 Å². The van der Waals surface area contributed by atoms with Crippen molar-refractivity contribution in [3.63, 3.8) is 0 Å². The number of carbonyl (C=O) groups is 1. The molecule has 0 heterocycles. The van der Waals surface area contributed by atoms with Crippen molar-refractivity contribution >= 4 is 5.97 Å². The lowest BCUT2D eigenvalue weighted by molar-refractivity contribution is -0.142. The first-order valence-corrected chi connectivity index (χ1v) is 8.56. The summed E-state index contributed by atoms with van der Waals surface area (Å²) in [5, 5.41) is 12.7. The second-order valence-corrected chi connectivity index (χ2v) is 6.77. The molecule has 0 aliphatic heterocycles. The minimum atomic E-state index is -0.719. The number of aryl methyl sites for hydroxylation is 1. The van der Waals surface area contributed by atoms with Crippen molar-refractivity contribution in [1.82, 2.24) is 5.32 Å². The van der Waals surface area contributed by atoms with Gasteiger partial charge in [-0.25, -0.2) is 0 Å². The second-order valence-electron chi connectivity index (χ2n) is 6.77. The molecule has 0 spiro atoms. The summed E-state index contributed by atoms with van der Waals surface area (Å²) in [6, 6.07) is 16.6. The Morgan fingerprint density at radius 2 is 1.67 bits per heavy atom. The first-order chi connectivity index (χ1) is 11.5. The van der Waals surface area contributed by atoms with Crippen molar-refractivity contribution < 1.29 is 9.90 Å². The maximum absolute atomic E-state index is 11.4. The molecular weight excluding hydrogens is 298 g/mol. The van der Waals surface area contributed by atoms with Gasteiger partial charge < -0.3 is 10.4 Å². The van der Waals surface area contributed by atoms with Gasteiger partial charge in [0, 0.05) is 13.1 Å². The van der Waals surface area contributed by atoms with E-state index in [1.54, 1.807) is 0 Å². The lowest BCUT2D eigenvalue weighted by Gasteiger charge is -2.17. The van der Waals surface area contributed by atoms with E-state index < -0.39 is 5.97 Å². The highest BCUT2D eigenvalue weighted by molar-refractivity contribution is 5.71. The molecule has 3 nitrogen and oxygen atoms in total. The fourth-order valence-corrected chi connectivity index (χ4v) is 3.03. The van der Waals surface area contributed by atoms with E-state index in [0.717, 1.165) is 0 Å². The summed E-state index contributed by atoms with van der Waals surface area (Å²) in [6.45, 7) is 7.40. The van der Waals surface area contributed by atoms with Crippen LogP contribution in [0, 0.1) is 18.8 Å². The number of benzene rings is 2. The van der Waals surface area contributed by atoms with Crippen molar-refractivity contribution in [1.29, 1.82) is 0 Å². The monoisotopic (exact) mass is 325 g/mol. The highest BCUT2D eigenvalue weighted by atomic mass is 16.4. The number of carboxylic acid groups (broad SMARTS) is 1. The van der Waals surface area contributed by atoms with Crippen molar-refractivity contribution in [2.45, 2.75) is 33.7 Å². The Hall–Kier alpha value is -2.13. The molecule has 0 aromatic heterocycles. The molecule has 2 rings (SSSR count). The van der Waals surface area contributed by atoms with Crippen LogP contribution in [0.25, 0.3) is 11.1 Å². The second kappa shape index (κ2) is 8.65. The predicted octanol–water partition coefficient (Wildman–Crippen LogP) is 4.50. The standard InChI is InChI=1S/C21H27NO2/c1-15(2)12-18(21(23)24)14-22-13-17-9-5-7-11-20(17)19-10-6-4-8-16(19)3/h4-11,15,18,22H,12-14H2,1-3H3,(H,23,24). The summed E-state index contributed by atoms with van der Waals surface area (Å²) in [7, 11) is 0. The summed E-state index contributed by atoms with van der Waals surface area (Å²) >= 11 is 0. The van der Waals surface area contributed by atoms with Crippen molar-refractivity contribution in [2.24, 2.45) is 11.8 Å². The molecule has 2 aromatic carbocycles. The van der Waals surface area contributed by atoms with Crippen LogP contribution in [0.15, 0.2) is 48.5 Å². The number of carboxylic acids is 1. The highest BCUT2D eigenvalue weighted by Gasteiger charge is 2.18. The van der Waals surface area contributed by atoms with E-state index in [9.17, 15) is 9.90 Å². The van der Waals surface area contributed by atoms with Gasteiger partial charge in [0.05, 0.1) is 5.92 Å². The smallest absolute Gasteiger partial charge is 0.307 e. The summed E-state index contributed by atoms with van der Waals surface area (Å²) in [4.78, 5) is 11.4. The van der Waals surface area contributed by atoms with Crippen LogP contribution in [0.1, 0.15) is 31.4 Å². The van der Waals surface area contributed by atoms with Gasteiger partial charge in [-0.3, -0.25) is 4.79 Å². The molecule has 3 heteroatoms. The van der Waals surface area contributed by atoms with Gasteiger partial charge in [0.2, 0.25) is 0 Å². The zero-order chi connectivity index (χ0) is 17.5. The van der Waals surface area contributed by atoms with Crippen molar-refractivity contribution in [3.8, 4) is 11.1 Å². The fourth-order valence-electron chi connectivity index (χ4n) is 3.03. The van der Waals surface area contributed by atoms with Gasteiger partial charge in [-0.2, -0.15) is 0 Å². The predicted molar refractivity (Wildman–Crippen MR) is 98.9 cm³/mol. The van der Waals surface area contributed by atoms with Crippen LogP contribution in [0.4, 0.5) is 0 Å². The molecule has 0 saturated carbocycles. The summed E-state index contributed by atoms with van der Waals surface area (Å²) in [5.41, 5.74) is 4.87. The molecule has 1 unspecified atom stereocenters. The zero-order valence-electron chi connectivity index (χ0n) is 14.8. The largest absolute Gasteiger partial charge is 0.481 e. The molecule has 0 radical (unpaired) electrons. The van der Waals surface area contributed by atoms with Crippen LogP contribution in [0.2, 0.25) is 0 Å². The molecule has 0 saturated heterocycles. The molecule has 0 amide bonds. The Labute approximate surface area is 144 Å². The molecule has 0 fully saturated rings. The number of hydrogen-bond donors (Lipinski definition) is 2. The van der Waals surface area contributed by atoms with E-state index in [1.165, 1.54) is 22.3 Å². The Morgan fingerprint density at radius 3 is 2.29 bits per heavy atom. The summed E-state index contributed by atoms with van der Waals surface area (Å²) in [5.74, 6) is -0.675. The average Bonchev–Trinajstić information content (AvgIpc) is 2.54. The topological polar surface area (TPSA) is 49.3 Å². The Morgan fingerprint density at radius 1 is 1.04 bits per heavy atom. The number of hydrogen-bond acceptors (Lipinski definition) is 2. The summed E-state index contributed by atoms with van der Waals surface area (Å²) in [6.07, 6.45) is 0.696. The Kier molecular flexibility index (Phi) is 6.56. The molecule has 0 aliphatic carbocycles. The van der Waals surface area contributed by atoms with Gasteiger partial charge in [0.15, 0.2) is 0 Å². The first-order valence-electron chi connectivity index (χ1n) is 8.56. The minimum absolute atomic E-state index is 0.337. The van der Waals surface area contributed by atoms with Crippen LogP contribution < -0.4 is 5.32 Å². The molecule has 24 heavy (non-hydrogen) atoms. The van der Waals surface area contributed by atoms with Crippen molar-refractivity contribution in [2.75, 3.05) is 6.54 Å². The first kappa shape index (κ1) is 18.2. The Balaban J connectivity index is 2.09. The minimum Gasteiger partial charge on any atom is -0.481 e. The third-order valence-electron chi connectivity index (χ3n) is 4.26. The van der Waals surface area contributed by atoms with E-state index in [-0.39, 0.29) is 5.92 Å². The zero-order valence-corrected chi connectivity index (χ0v) is 14.8. The fraction of sp³-hybridized carbons (Fsp3) is 0.381. The normalized spacial score (nSPS) is 12.3. The summed E-state index contributed by atoms with van der Waals surface area (Å²) < 4.78 is 0. The van der Waals surface area contributed by atoms with E-state index >= 15 is 0 Å². The van der Waals surface area contributed by atoms with Gasteiger partial charge >= 0.3 is 5.97 Å². The quantitative estimate of drug-likeness (QED) is 0.751. The number of nitrogens with one attached hydrogen (secondary N) is 1. The van der Waals surface area contributed by atoms with Crippen molar-refractivity contribution in [3.05, 3.63) is 59.7 Å². The maximum Gasteiger partial charge on any atom is 0.307 e. The van der Waals surface area contributed by atoms with E-state index in [2.05, 4.69) is 56.4 Å². The lowest BCUT2D eigenvalue weighted by Crippen LogP contribution is -2.29. The average molecular weight is 325 g/mol. The van der Waals surface area contributed by atoms with E-state index in [4.69, 9.17) is 0 Å². The third kappa shape index (κ3) is 4.93. The number of aliphatic carboxylic acids is 1. The highest BCUT2D eigenvalue weighted by Crippen LogP contribution is 2.26. The van der Waals surface area contributed by atoms with Crippen LogP contribution in [0.5, 0.6) is 0 Å². The Bertz CT molecular complexity index is 679.